The summed E-state index contributed by atoms with van der Waals surface area (Å²) in [7, 11) is 0. The second-order valence-electron chi connectivity index (χ2n) is 4.81. The van der Waals surface area contributed by atoms with E-state index in [1.165, 1.54) is 4.40 Å². The number of rotatable bonds is 1. The van der Waals surface area contributed by atoms with Gasteiger partial charge in [-0.2, -0.15) is 0 Å². The number of fused-ring (bicyclic) bond motifs is 3. The summed E-state index contributed by atoms with van der Waals surface area (Å²) in [4.78, 5) is 22.7. The molecular weight excluding hydrogens is 272 g/mol. The van der Waals surface area contributed by atoms with E-state index in [1.807, 2.05) is 18.2 Å². The SMILES string of the molecule is O=c1c([N+](=O)[O-])c(O)c2cccc3c4ccccc4n1c23. The smallest absolute Gasteiger partial charge is 0.376 e. The van der Waals surface area contributed by atoms with Crippen LogP contribution in [0.15, 0.2) is 47.3 Å². The van der Waals surface area contributed by atoms with Crippen LogP contribution in [0.4, 0.5) is 5.69 Å². The van der Waals surface area contributed by atoms with Crippen LogP contribution in [0, 0.1) is 10.1 Å². The average molecular weight is 280 g/mol. The highest BCUT2D eigenvalue weighted by Crippen LogP contribution is 2.37. The Bertz CT molecular complexity index is 1100. The molecule has 0 unspecified atom stereocenters. The van der Waals surface area contributed by atoms with Crippen molar-refractivity contribution in [3.8, 4) is 5.75 Å². The monoisotopic (exact) mass is 280 g/mol. The summed E-state index contributed by atoms with van der Waals surface area (Å²) in [5, 5.41) is 23.1. The van der Waals surface area contributed by atoms with E-state index in [9.17, 15) is 20.0 Å². The number of hydrogen-bond acceptors (Lipinski definition) is 4. The van der Waals surface area contributed by atoms with Gasteiger partial charge in [-0.05, 0) is 12.1 Å². The number of para-hydroxylation sites is 2. The molecule has 0 saturated carbocycles. The van der Waals surface area contributed by atoms with Crippen LogP contribution in [0.5, 0.6) is 5.75 Å². The number of aromatic nitrogens is 1. The first-order valence-corrected chi connectivity index (χ1v) is 6.26. The van der Waals surface area contributed by atoms with Crippen molar-refractivity contribution in [3.05, 3.63) is 62.9 Å². The molecule has 0 spiro atoms. The van der Waals surface area contributed by atoms with Gasteiger partial charge in [0.05, 0.1) is 16.0 Å². The lowest BCUT2D eigenvalue weighted by molar-refractivity contribution is -0.387. The Kier molecular flexibility index (Phi) is 2.05. The Balaban J connectivity index is 2.49. The number of aromatic hydroxyl groups is 1. The Labute approximate surface area is 117 Å². The zero-order valence-corrected chi connectivity index (χ0v) is 10.6. The predicted molar refractivity (Wildman–Crippen MR) is 78.2 cm³/mol. The first-order chi connectivity index (χ1) is 10.1. The highest BCUT2D eigenvalue weighted by atomic mass is 16.6. The number of pyridine rings is 1. The average Bonchev–Trinajstić information content (AvgIpc) is 2.80. The van der Waals surface area contributed by atoms with Crippen LogP contribution in [0.1, 0.15) is 0 Å². The van der Waals surface area contributed by atoms with Gasteiger partial charge in [0, 0.05) is 16.2 Å². The van der Waals surface area contributed by atoms with Crippen LogP contribution in [0.3, 0.4) is 0 Å². The fraction of sp³-hybridized carbons (Fsp3) is 0. The molecule has 0 radical (unpaired) electrons. The molecule has 0 amide bonds. The van der Waals surface area contributed by atoms with Gasteiger partial charge in [-0.15, -0.1) is 0 Å². The van der Waals surface area contributed by atoms with E-state index in [1.54, 1.807) is 24.3 Å². The highest BCUT2D eigenvalue weighted by Gasteiger charge is 2.27. The van der Waals surface area contributed by atoms with E-state index in [-0.39, 0.29) is 0 Å². The number of benzene rings is 2. The van der Waals surface area contributed by atoms with E-state index in [4.69, 9.17) is 0 Å². The third-order valence-corrected chi connectivity index (χ3v) is 3.76. The summed E-state index contributed by atoms with van der Waals surface area (Å²) in [5.74, 6) is -0.578. The van der Waals surface area contributed by atoms with Crippen LogP contribution in [-0.4, -0.2) is 14.4 Å². The fourth-order valence-corrected chi connectivity index (χ4v) is 2.92. The van der Waals surface area contributed by atoms with Gasteiger partial charge in [0.1, 0.15) is 0 Å². The van der Waals surface area contributed by atoms with Crippen molar-refractivity contribution in [2.75, 3.05) is 0 Å². The molecule has 2 aromatic heterocycles. The van der Waals surface area contributed by atoms with Gasteiger partial charge in [-0.25, -0.2) is 0 Å². The van der Waals surface area contributed by atoms with Gasteiger partial charge in [0.2, 0.25) is 5.75 Å². The summed E-state index contributed by atoms with van der Waals surface area (Å²) in [5.41, 5.74) is -0.512. The number of nitro groups is 1. The van der Waals surface area contributed by atoms with Crippen molar-refractivity contribution >= 4 is 32.9 Å². The summed E-state index contributed by atoms with van der Waals surface area (Å²) in [6.45, 7) is 0. The Morgan fingerprint density at radius 2 is 1.67 bits per heavy atom. The molecule has 0 fully saturated rings. The normalized spacial score (nSPS) is 11.6. The maximum Gasteiger partial charge on any atom is 0.376 e. The van der Waals surface area contributed by atoms with E-state index in [0.29, 0.717) is 16.4 Å². The van der Waals surface area contributed by atoms with Crippen molar-refractivity contribution in [2.45, 2.75) is 0 Å². The van der Waals surface area contributed by atoms with Crippen LogP contribution >= 0.6 is 0 Å². The minimum absolute atomic E-state index is 0.301. The molecule has 0 aliphatic heterocycles. The molecule has 0 aliphatic rings. The third-order valence-electron chi connectivity index (χ3n) is 3.76. The van der Waals surface area contributed by atoms with Gasteiger partial charge in [0.25, 0.3) is 0 Å². The van der Waals surface area contributed by atoms with Crippen LogP contribution in [0.25, 0.3) is 27.2 Å². The number of nitrogens with zero attached hydrogens (tertiary/aromatic N) is 2. The second kappa shape index (κ2) is 3.69. The summed E-state index contributed by atoms with van der Waals surface area (Å²) >= 11 is 0. The third kappa shape index (κ3) is 1.28. The molecule has 0 aliphatic carbocycles. The molecular formula is C15H8N2O4. The van der Waals surface area contributed by atoms with Gasteiger partial charge >= 0.3 is 11.2 Å². The van der Waals surface area contributed by atoms with Crippen molar-refractivity contribution in [2.24, 2.45) is 0 Å². The topological polar surface area (TPSA) is 84.8 Å². The standard InChI is InChI=1S/C15H8N2O4/c18-14-10-6-3-5-9-8-4-1-2-7-11(8)16(12(9)10)15(19)13(14)17(20)21/h1-7,18H. The zero-order valence-electron chi connectivity index (χ0n) is 10.6. The minimum Gasteiger partial charge on any atom is -0.501 e. The molecule has 2 aromatic carbocycles. The molecule has 4 aromatic rings. The van der Waals surface area contributed by atoms with E-state index in [0.717, 1.165) is 10.8 Å². The summed E-state index contributed by atoms with van der Waals surface area (Å²) < 4.78 is 1.30. The lowest BCUT2D eigenvalue weighted by Gasteiger charge is -2.03. The fourth-order valence-electron chi connectivity index (χ4n) is 2.92. The predicted octanol–water partition coefficient (Wildman–Crippen LogP) is 2.66. The number of hydrogen-bond donors (Lipinski definition) is 1. The molecule has 21 heavy (non-hydrogen) atoms. The molecule has 4 rings (SSSR count). The zero-order chi connectivity index (χ0) is 14.7. The van der Waals surface area contributed by atoms with Crippen molar-refractivity contribution < 1.29 is 10.0 Å². The van der Waals surface area contributed by atoms with Crippen molar-refractivity contribution in [1.82, 2.24) is 4.40 Å². The quantitative estimate of drug-likeness (QED) is 0.429. The van der Waals surface area contributed by atoms with E-state index < -0.39 is 21.9 Å². The first kappa shape index (κ1) is 11.7. The molecule has 2 heterocycles. The second-order valence-corrected chi connectivity index (χ2v) is 4.81. The molecule has 0 bridgehead atoms. The molecule has 6 heteroatoms. The van der Waals surface area contributed by atoms with Crippen LogP contribution < -0.4 is 5.56 Å². The highest BCUT2D eigenvalue weighted by molar-refractivity contribution is 6.15. The van der Waals surface area contributed by atoms with Crippen molar-refractivity contribution in [1.29, 1.82) is 0 Å². The molecule has 102 valence electrons. The first-order valence-electron chi connectivity index (χ1n) is 6.26. The van der Waals surface area contributed by atoms with Gasteiger partial charge in [-0.1, -0.05) is 30.3 Å². The Morgan fingerprint density at radius 3 is 2.43 bits per heavy atom. The molecule has 1 N–H and O–H groups in total. The maximum atomic E-state index is 12.4. The van der Waals surface area contributed by atoms with E-state index in [2.05, 4.69) is 0 Å². The lowest BCUT2D eigenvalue weighted by Crippen LogP contribution is -2.16. The maximum absolute atomic E-state index is 12.4. The summed E-state index contributed by atoms with van der Waals surface area (Å²) in [6, 6.07) is 12.3. The largest absolute Gasteiger partial charge is 0.501 e. The molecule has 0 atom stereocenters. The Hall–Kier alpha value is -3.15. The van der Waals surface area contributed by atoms with Gasteiger partial charge in [0.15, 0.2) is 0 Å². The van der Waals surface area contributed by atoms with Gasteiger partial charge in [-0.3, -0.25) is 19.3 Å². The van der Waals surface area contributed by atoms with Gasteiger partial charge < -0.3 is 5.11 Å². The minimum atomic E-state index is -0.839. The van der Waals surface area contributed by atoms with Crippen LogP contribution in [-0.2, 0) is 0 Å². The molecule has 6 nitrogen and oxygen atoms in total. The van der Waals surface area contributed by atoms with Crippen LogP contribution in [0.2, 0.25) is 0 Å². The Morgan fingerprint density at radius 1 is 1.00 bits per heavy atom. The summed E-state index contributed by atoms with van der Waals surface area (Å²) in [6.07, 6.45) is 0. The molecule has 0 saturated heterocycles. The van der Waals surface area contributed by atoms with Crippen molar-refractivity contribution in [3.63, 3.8) is 0 Å². The lowest BCUT2D eigenvalue weighted by atomic mass is 10.1. The van der Waals surface area contributed by atoms with E-state index >= 15 is 0 Å².